The van der Waals surface area contributed by atoms with E-state index in [0.717, 1.165) is 31.8 Å². The van der Waals surface area contributed by atoms with Gasteiger partial charge in [-0.2, -0.15) is 0 Å². The highest BCUT2D eigenvalue weighted by molar-refractivity contribution is 8.01. The van der Waals surface area contributed by atoms with Crippen molar-refractivity contribution in [2.75, 3.05) is 39.1 Å². The molecule has 0 aliphatic carbocycles. The second-order valence-electron chi connectivity index (χ2n) is 9.40. The van der Waals surface area contributed by atoms with Crippen molar-refractivity contribution in [3.05, 3.63) is 53.3 Å². The molecule has 1 aliphatic rings. The Kier molecular flexibility index (Phi) is 10.2. The maximum atomic E-state index is 14.8. The molecule has 4 rings (SSSR count). The quantitative estimate of drug-likeness (QED) is 0.223. The third-order valence-electron chi connectivity index (χ3n) is 7.07. The number of aliphatic hydroxyl groups excluding tert-OH is 1. The lowest BCUT2D eigenvalue weighted by atomic mass is 9.79. The molecule has 3 aromatic rings. The summed E-state index contributed by atoms with van der Waals surface area (Å²) in [6.07, 6.45) is 2.62. The van der Waals surface area contributed by atoms with Gasteiger partial charge in [0.15, 0.2) is 0 Å². The van der Waals surface area contributed by atoms with Crippen molar-refractivity contribution in [1.29, 1.82) is 0 Å². The van der Waals surface area contributed by atoms with Crippen LogP contribution in [0, 0.1) is 17.7 Å². The average molecular weight is 547 g/mol. The smallest absolute Gasteiger partial charge is 0.306 e. The summed E-state index contributed by atoms with van der Waals surface area (Å²) < 4.78 is 26.7. The molecule has 9 heteroatoms. The number of aliphatic hydroxyl groups is 1. The van der Waals surface area contributed by atoms with Crippen LogP contribution in [0.15, 0.2) is 46.1 Å². The Balaban J connectivity index is 1.41. The molecule has 1 saturated heterocycles. The Morgan fingerprint density at radius 3 is 2.97 bits per heavy atom. The van der Waals surface area contributed by atoms with Gasteiger partial charge in [0.1, 0.15) is 11.6 Å². The number of nitrogens with zero attached hydrogens (tertiary/aromatic N) is 2. The molecule has 0 amide bonds. The fourth-order valence-corrected chi connectivity index (χ4v) is 7.04. The lowest BCUT2D eigenvalue weighted by Crippen LogP contribution is -2.42. The maximum Gasteiger partial charge on any atom is 0.306 e. The second-order valence-corrected chi connectivity index (χ2v) is 11.7. The van der Waals surface area contributed by atoms with E-state index in [9.17, 15) is 14.3 Å². The van der Waals surface area contributed by atoms with Crippen LogP contribution in [0.2, 0.25) is 0 Å². The summed E-state index contributed by atoms with van der Waals surface area (Å²) in [5.74, 6) is 1.30. The number of ether oxygens (including phenoxy) is 2. The molecule has 0 bridgehead atoms. The Bertz CT molecular complexity index is 1160. The number of halogens is 1. The van der Waals surface area contributed by atoms with Crippen molar-refractivity contribution in [3.63, 3.8) is 0 Å². The van der Waals surface area contributed by atoms with Crippen LogP contribution in [0.1, 0.15) is 44.3 Å². The number of aromatic nitrogens is 1. The molecule has 0 spiro atoms. The van der Waals surface area contributed by atoms with Crippen LogP contribution in [0.5, 0.6) is 5.75 Å². The Morgan fingerprint density at radius 1 is 1.35 bits per heavy atom. The number of pyridine rings is 1. The van der Waals surface area contributed by atoms with Crippen molar-refractivity contribution < 1.29 is 23.8 Å². The molecule has 3 atom stereocenters. The molecule has 1 fully saturated rings. The van der Waals surface area contributed by atoms with Gasteiger partial charge in [0.25, 0.3) is 0 Å². The summed E-state index contributed by atoms with van der Waals surface area (Å²) in [6.45, 7) is 4.94. The largest absolute Gasteiger partial charge is 0.497 e. The van der Waals surface area contributed by atoms with Gasteiger partial charge in [-0.25, -0.2) is 4.39 Å². The van der Waals surface area contributed by atoms with Crippen LogP contribution < -0.4 is 4.74 Å². The van der Waals surface area contributed by atoms with E-state index >= 15 is 0 Å². The highest BCUT2D eigenvalue weighted by Crippen LogP contribution is 2.36. The van der Waals surface area contributed by atoms with Gasteiger partial charge < -0.3 is 19.5 Å². The minimum Gasteiger partial charge on any atom is -0.497 e. The summed E-state index contributed by atoms with van der Waals surface area (Å²) in [7, 11) is 1.56. The molecule has 1 aliphatic heterocycles. The van der Waals surface area contributed by atoms with Crippen molar-refractivity contribution >= 4 is 40.0 Å². The Morgan fingerprint density at radius 2 is 2.22 bits per heavy atom. The van der Waals surface area contributed by atoms with E-state index in [4.69, 9.17) is 9.47 Å². The summed E-state index contributed by atoms with van der Waals surface area (Å²) >= 11 is 3.62. The van der Waals surface area contributed by atoms with Gasteiger partial charge >= 0.3 is 5.97 Å². The van der Waals surface area contributed by atoms with Crippen LogP contribution in [-0.4, -0.2) is 60.1 Å². The Labute approximate surface area is 226 Å². The first-order valence-corrected chi connectivity index (χ1v) is 14.7. The number of methoxy groups -OCH3 is 1. The third-order valence-corrected chi connectivity index (χ3v) is 9.18. The molecule has 3 heterocycles. The summed E-state index contributed by atoms with van der Waals surface area (Å²) in [5.41, 5.74) is 0.874. The van der Waals surface area contributed by atoms with Gasteiger partial charge in [-0.1, -0.05) is 6.07 Å². The number of hydrogen-bond donors (Lipinski definition) is 1. The molecule has 37 heavy (non-hydrogen) atoms. The predicted molar refractivity (Wildman–Crippen MR) is 147 cm³/mol. The van der Waals surface area contributed by atoms with Crippen molar-refractivity contribution in [3.8, 4) is 5.75 Å². The number of piperidine rings is 1. The lowest BCUT2D eigenvalue weighted by molar-refractivity contribution is -0.145. The van der Waals surface area contributed by atoms with Crippen molar-refractivity contribution in [2.24, 2.45) is 11.8 Å². The standard InChI is InChI=1S/C28H35FN2O4S2/c1-3-35-26(33)15-20-18-31(12-14-37-27-5-4-13-36-27)11-10-19(20)6-9-25(32)28-22-16-21(34-2)7-8-24(22)30-17-23(28)29/h4-5,7-8,13,16-17,19-20,25,32H,3,6,9-12,14-15,18H2,1-2H3/t19?,20-,25-/m1/s1. The topological polar surface area (TPSA) is 71.9 Å². The van der Waals surface area contributed by atoms with Crippen LogP contribution in [0.4, 0.5) is 4.39 Å². The zero-order valence-corrected chi connectivity index (χ0v) is 23.0. The van der Waals surface area contributed by atoms with Crippen LogP contribution in [0.25, 0.3) is 10.9 Å². The van der Waals surface area contributed by atoms with Crippen LogP contribution in [0.3, 0.4) is 0 Å². The number of thiophene rings is 1. The van der Waals surface area contributed by atoms with Gasteiger partial charge in [0.05, 0.1) is 35.7 Å². The van der Waals surface area contributed by atoms with E-state index < -0.39 is 11.9 Å². The molecule has 2 aromatic heterocycles. The first-order chi connectivity index (χ1) is 18.0. The van der Waals surface area contributed by atoms with E-state index in [2.05, 4.69) is 27.4 Å². The van der Waals surface area contributed by atoms with Gasteiger partial charge in [0, 0.05) is 36.2 Å². The zero-order chi connectivity index (χ0) is 26.2. The monoisotopic (exact) mass is 546 g/mol. The van der Waals surface area contributed by atoms with E-state index in [0.29, 0.717) is 42.5 Å². The number of carbonyl (C=O) groups is 1. The molecule has 1 N–H and O–H groups in total. The number of hydrogen-bond acceptors (Lipinski definition) is 8. The number of likely N-dealkylation sites (tertiary alicyclic amines) is 1. The van der Waals surface area contributed by atoms with Gasteiger partial charge in [-0.05, 0) is 74.2 Å². The highest BCUT2D eigenvalue weighted by atomic mass is 32.2. The van der Waals surface area contributed by atoms with Crippen molar-refractivity contribution in [1.82, 2.24) is 9.88 Å². The number of thioether (sulfide) groups is 1. The molecular formula is C28H35FN2O4S2. The predicted octanol–water partition coefficient (Wildman–Crippen LogP) is 5.94. The fraction of sp³-hybridized carbons (Fsp3) is 0.500. The molecule has 0 saturated carbocycles. The van der Waals surface area contributed by atoms with E-state index in [1.54, 1.807) is 36.6 Å². The average Bonchev–Trinajstić information content (AvgIpc) is 3.41. The minimum atomic E-state index is -0.971. The van der Waals surface area contributed by atoms with Gasteiger partial charge in [-0.15, -0.1) is 23.1 Å². The SMILES string of the molecule is CCOC(=O)C[C@@H]1CN(CCSc2cccs2)CCC1CC[C@@H](O)c1c(F)cnc2ccc(OC)cc12. The molecule has 0 radical (unpaired) electrons. The summed E-state index contributed by atoms with van der Waals surface area (Å²) in [4.78, 5) is 19.0. The van der Waals surface area contributed by atoms with E-state index in [1.807, 2.05) is 18.7 Å². The number of benzene rings is 1. The van der Waals surface area contributed by atoms with Crippen LogP contribution in [-0.2, 0) is 9.53 Å². The molecule has 1 unspecified atom stereocenters. The first-order valence-electron chi connectivity index (χ1n) is 12.8. The number of fused-ring (bicyclic) bond motifs is 1. The summed E-state index contributed by atoms with van der Waals surface area (Å²) in [6, 6.07) is 9.47. The molecule has 1 aromatic carbocycles. The number of carbonyl (C=O) groups excluding carboxylic acids is 1. The molecular weight excluding hydrogens is 511 g/mol. The highest BCUT2D eigenvalue weighted by Gasteiger charge is 2.32. The minimum absolute atomic E-state index is 0.144. The second kappa shape index (κ2) is 13.6. The zero-order valence-electron chi connectivity index (χ0n) is 21.4. The number of esters is 1. The maximum absolute atomic E-state index is 14.8. The van der Waals surface area contributed by atoms with Gasteiger partial charge in [-0.3, -0.25) is 9.78 Å². The van der Waals surface area contributed by atoms with Crippen LogP contribution >= 0.6 is 23.1 Å². The molecule has 6 nitrogen and oxygen atoms in total. The van der Waals surface area contributed by atoms with Crippen molar-refractivity contribution in [2.45, 2.75) is 42.9 Å². The number of rotatable bonds is 12. The lowest BCUT2D eigenvalue weighted by Gasteiger charge is -2.38. The summed E-state index contributed by atoms with van der Waals surface area (Å²) in [5, 5.41) is 13.7. The fourth-order valence-electron chi connectivity index (χ4n) is 5.18. The Hall–Kier alpha value is -2.20. The normalized spacial score (nSPS) is 19.1. The van der Waals surface area contributed by atoms with E-state index in [1.165, 1.54) is 10.4 Å². The molecule has 200 valence electrons. The van der Waals surface area contributed by atoms with Gasteiger partial charge in [0.2, 0.25) is 0 Å². The third kappa shape index (κ3) is 7.44. The first kappa shape index (κ1) is 27.8. The van der Waals surface area contributed by atoms with E-state index in [-0.39, 0.29) is 23.4 Å².